The molecule has 0 spiro atoms. The topological polar surface area (TPSA) is 53.0 Å². The Morgan fingerprint density at radius 1 is 1.29 bits per heavy atom. The van der Waals surface area contributed by atoms with Crippen LogP contribution in [0.25, 0.3) is 0 Å². The molecular weight excluding hydrogens is 292 g/mol. The molecule has 0 unspecified atom stereocenters. The smallest absolute Gasteiger partial charge is 0.256 e. The van der Waals surface area contributed by atoms with Crippen LogP contribution < -0.4 is 0 Å². The predicted molar refractivity (Wildman–Crippen MR) is 79.2 cm³/mol. The van der Waals surface area contributed by atoms with Gasteiger partial charge in [-0.3, -0.25) is 9.69 Å². The average molecular weight is 311 g/mol. The number of aliphatic hydroxyl groups is 1. The van der Waals surface area contributed by atoms with Crippen LogP contribution in [0.3, 0.4) is 0 Å². The lowest BCUT2D eigenvalue weighted by molar-refractivity contribution is -0.149. The van der Waals surface area contributed by atoms with E-state index < -0.39 is 6.10 Å². The first-order valence-electron chi connectivity index (χ1n) is 7.20. The van der Waals surface area contributed by atoms with Gasteiger partial charge in [0, 0.05) is 42.8 Å². The van der Waals surface area contributed by atoms with Crippen molar-refractivity contribution >= 4 is 17.5 Å². The second kappa shape index (κ2) is 6.32. The Morgan fingerprint density at radius 2 is 1.95 bits per heavy atom. The Bertz CT molecular complexity index is 513. The van der Waals surface area contributed by atoms with Gasteiger partial charge in [0.15, 0.2) is 6.10 Å². The van der Waals surface area contributed by atoms with Crippen molar-refractivity contribution < 1.29 is 14.6 Å². The molecule has 0 aliphatic carbocycles. The third-order valence-corrected chi connectivity index (χ3v) is 4.51. The molecule has 2 heterocycles. The maximum atomic E-state index is 12.3. The van der Waals surface area contributed by atoms with Gasteiger partial charge in [0.25, 0.3) is 5.91 Å². The fourth-order valence-corrected chi connectivity index (χ4v) is 3.05. The van der Waals surface area contributed by atoms with Crippen LogP contribution in [-0.2, 0) is 9.53 Å². The van der Waals surface area contributed by atoms with Gasteiger partial charge in [-0.1, -0.05) is 29.8 Å². The molecule has 6 heteroatoms. The molecule has 1 N–H and O–H groups in total. The molecule has 0 radical (unpaired) electrons. The number of benzene rings is 1. The molecule has 2 fully saturated rings. The van der Waals surface area contributed by atoms with E-state index in [-0.39, 0.29) is 5.91 Å². The first-order chi connectivity index (χ1) is 10.2. The molecule has 2 saturated heterocycles. The van der Waals surface area contributed by atoms with Crippen molar-refractivity contribution in [3.05, 3.63) is 34.9 Å². The third kappa shape index (κ3) is 3.06. The lowest BCUT2D eigenvalue weighted by Gasteiger charge is -2.47. The lowest BCUT2D eigenvalue weighted by atomic mass is 10.0. The van der Waals surface area contributed by atoms with Gasteiger partial charge >= 0.3 is 0 Å². The summed E-state index contributed by atoms with van der Waals surface area (Å²) in [6.45, 7) is 4.68. The number of amides is 1. The van der Waals surface area contributed by atoms with Gasteiger partial charge in [-0.05, 0) is 6.07 Å². The standard InChI is InChI=1S/C15H19ClN2O3/c16-13-4-2-1-3-12(13)14(19)15(20)18-9-11(10-18)17-5-7-21-8-6-17/h1-4,11,14,19H,5-10H2/t14-/m1/s1. The van der Waals surface area contributed by atoms with Crippen molar-refractivity contribution in [2.24, 2.45) is 0 Å². The highest BCUT2D eigenvalue weighted by atomic mass is 35.5. The van der Waals surface area contributed by atoms with Crippen LogP contribution in [-0.4, -0.2) is 66.2 Å². The Morgan fingerprint density at radius 3 is 2.62 bits per heavy atom. The summed E-state index contributed by atoms with van der Waals surface area (Å²) in [6.07, 6.45) is -1.18. The second-order valence-electron chi connectivity index (χ2n) is 5.47. The molecule has 1 aromatic carbocycles. The van der Waals surface area contributed by atoms with Crippen LogP contribution in [0.15, 0.2) is 24.3 Å². The molecule has 5 nitrogen and oxygen atoms in total. The second-order valence-corrected chi connectivity index (χ2v) is 5.88. The van der Waals surface area contributed by atoms with Crippen LogP contribution >= 0.6 is 11.6 Å². The van der Waals surface area contributed by atoms with E-state index in [0.717, 1.165) is 26.3 Å². The van der Waals surface area contributed by atoms with Gasteiger partial charge in [0.1, 0.15) is 0 Å². The molecule has 3 rings (SSSR count). The average Bonchev–Trinajstić information content (AvgIpc) is 2.46. The van der Waals surface area contributed by atoms with Gasteiger partial charge in [-0.25, -0.2) is 0 Å². The van der Waals surface area contributed by atoms with Crippen molar-refractivity contribution in [2.75, 3.05) is 39.4 Å². The molecule has 1 aromatic rings. The molecular formula is C15H19ClN2O3. The Balaban J connectivity index is 1.56. The quantitative estimate of drug-likeness (QED) is 0.902. The van der Waals surface area contributed by atoms with E-state index in [1.807, 2.05) is 0 Å². The fourth-order valence-electron chi connectivity index (χ4n) is 2.81. The first kappa shape index (κ1) is 14.8. The molecule has 2 aliphatic rings. The highest BCUT2D eigenvalue weighted by Gasteiger charge is 2.38. The zero-order valence-corrected chi connectivity index (χ0v) is 12.5. The molecule has 114 valence electrons. The van der Waals surface area contributed by atoms with Crippen molar-refractivity contribution in [1.82, 2.24) is 9.80 Å². The number of nitrogens with zero attached hydrogens (tertiary/aromatic N) is 2. The Kier molecular flexibility index (Phi) is 4.45. The van der Waals surface area contributed by atoms with Gasteiger partial charge in [0.2, 0.25) is 0 Å². The Labute approximate surface area is 129 Å². The maximum absolute atomic E-state index is 12.3. The van der Waals surface area contributed by atoms with E-state index in [0.29, 0.717) is 29.7 Å². The van der Waals surface area contributed by atoms with E-state index in [1.54, 1.807) is 29.2 Å². The summed E-state index contributed by atoms with van der Waals surface area (Å²) in [4.78, 5) is 16.3. The van der Waals surface area contributed by atoms with E-state index in [9.17, 15) is 9.90 Å². The summed E-state index contributed by atoms with van der Waals surface area (Å²) in [5, 5.41) is 10.6. The van der Waals surface area contributed by atoms with Crippen molar-refractivity contribution in [1.29, 1.82) is 0 Å². The molecule has 0 saturated carbocycles. The predicted octanol–water partition coefficient (Wildman–Crippen LogP) is 0.916. The van der Waals surface area contributed by atoms with E-state index in [4.69, 9.17) is 16.3 Å². The van der Waals surface area contributed by atoms with E-state index >= 15 is 0 Å². The van der Waals surface area contributed by atoms with Crippen molar-refractivity contribution in [3.8, 4) is 0 Å². The van der Waals surface area contributed by atoms with Gasteiger partial charge < -0.3 is 14.7 Å². The summed E-state index contributed by atoms with van der Waals surface area (Å²) in [5.41, 5.74) is 0.471. The number of morpholine rings is 1. The van der Waals surface area contributed by atoms with Crippen LogP contribution in [0.5, 0.6) is 0 Å². The largest absolute Gasteiger partial charge is 0.379 e. The molecule has 21 heavy (non-hydrogen) atoms. The molecule has 1 amide bonds. The monoisotopic (exact) mass is 310 g/mol. The van der Waals surface area contributed by atoms with Crippen molar-refractivity contribution in [2.45, 2.75) is 12.1 Å². The first-order valence-corrected chi connectivity index (χ1v) is 7.57. The number of carbonyl (C=O) groups is 1. The summed E-state index contributed by atoms with van der Waals surface area (Å²) in [5.74, 6) is -0.271. The number of halogens is 1. The molecule has 2 aliphatic heterocycles. The fraction of sp³-hybridized carbons (Fsp3) is 0.533. The number of rotatable bonds is 3. The van der Waals surface area contributed by atoms with Crippen LogP contribution in [0, 0.1) is 0 Å². The number of aliphatic hydroxyl groups excluding tert-OH is 1. The minimum absolute atomic E-state index is 0.271. The van der Waals surface area contributed by atoms with Gasteiger partial charge in [0.05, 0.1) is 13.2 Å². The zero-order valence-electron chi connectivity index (χ0n) is 11.7. The zero-order chi connectivity index (χ0) is 14.8. The third-order valence-electron chi connectivity index (χ3n) is 4.17. The van der Waals surface area contributed by atoms with Crippen LogP contribution in [0.2, 0.25) is 5.02 Å². The minimum atomic E-state index is -1.18. The summed E-state index contributed by atoms with van der Waals surface area (Å²) >= 11 is 6.03. The summed E-state index contributed by atoms with van der Waals surface area (Å²) < 4.78 is 5.33. The maximum Gasteiger partial charge on any atom is 0.256 e. The number of hydrogen-bond donors (Lipinski definition) is 1. The minimum Gasteiger partial charge on any atom is -0.379 e. The van der Waals surface area contributed by atoms with Gasteiger partial charge in [-0.2, -0.15) is 0 Å². The Hall–Kier alpha value is -1.14. The highest BCUT2D eigenvalue weighted by Crippen LogP contribution is 2.26. The van der Waals surface area contributed by atoms with Crippen LogP contribution in [0.1, 0.15) is 11.7 Å². The normalized spacial score (nSPS) is 21.9. The van der Waals surface area contributed by atoms with E-state index in [2.05, 4.69) is 4.90 Å². The number of ether oxygens (including phenoxy) is 1. The molecule has 0 bridgehead atoms. The van der Waals surface area contributed by atoms with Crippen LogP contribution in [0.4, 0.5) is 0 Å². The van der Waals surface area contributed by atoms with Gasteiger partial charge in [-0.15, -0.1) is 0 Å². The van der Waals surface area contributed by atoms with Crippen molar-refractivity contribution in [3.63, 3.8) is 0 Å². The number of hydrogen-bond acceptors (Lipinski definition) is 4. The number of carbonyl (C=O) groups excluding carboxylic acids is 1. The highest BCUT2D eigenvalue weighted by molar-refractivity contribution is 6.31. The summed E-state index contributed by atoms with van der Waals surface area (Å²) in [7, 11) is 0. The molecule has 1 atom stereocenters. The lowest BCUT2D eigenvalue weighted by Crippen LogP contribution is -2.63. The van der Waals surface area contributed by atoms with E-state index in [1.165, 1.54) is 0 Å². The SMILES string of the molecule is O=C([C@H](O)c1ccccc1Cl)N1CC(N2CCOCC2)C1. The summed E-state index contributed by atoms with van der Waals surface area (Å²) in [6, 6.07) is 7.30. The molecule has 0 aromatic heterocycles. The number of likely N-dealkylation sites (tertiary alicyclic amines) is 1.